The first-order valence-corrected chi connectivity index (χ1v) is 23.4. The molecule has 3 aliphatic rings. The summed E-state index contributed by atoms with van der Waals surface area (Å²) < 4.78 is 2.74. The fourth-order valence-electron chi connectivity index (χ4n) is 10.6. The van der Waals surface area contributed by atoms with E-state index in [0.29, 0.717) is 5.92 Å². The first-order valence-electron chi connectivity index (χ1n) is 22.5. The molecule has 318 valence electrons. The first-order chi connectivity index (χ1) is 31.4. The maximum atomic E-state index is 4.40. The average Bonchev–Trinajstić information content (AvgIpc) is 4.02. The minimum absolute atomic E-state index is 0.379. The van der Waals surface area contributed by atoms with Crippen molar-refractivity contribution < 1.29 is 0 Å². The number of unbranched alkanes of at least 4 members (excludes halogenated alkanes) is 1. The second-order valence-electron chi connectivity index (χ2n) is 17.3. The Bertz CT molecular complexity index is 3040. The van der Waals surface area contributed by atoms with Gasteiger partial charge in [0.25, 0.3) is 0 Å². The zero-order valence-corrected chi connectivity index (χ0v) is 38.2. The van der Waals surface area contributed by atoms with Gasteiger partial charge in [0.2, 0.25) is 0 Å². The van der Waals surface area contributed by atoms with Crippen molar-refractivity contribution in [3.63, 3.8) is 0 Å². The molecule has 3 nitrogen and oxygen atoms in total. The van der Waals surface area contributed by atoms with Gasteiger partial charge in [-0.1, -0.05) is 171 Å². The van der Waals surface area contributed by atoms with Crippen LogP contribution in [-0.2, 0) is 18.5 Å². The van der Waals surface area contributed by atoms with Crippen LogP contribution in [0.15, 0.2) is 194 Å². The number of aliphatic imine (C=N–C) groups is 1. The monoisotopic (exact) mass is 851 g/mol. The number of fused-ring (bicyclic) bond motifs is 13. The van der Waals surface area contributed by atoms with E-state index in [9.17, 15) is 0 Å². The van der Waals surface area contributed by atoms with E-state index in [4.69, 9.17) is 0 Å². The quantitative estimate of drug-likeness (QED) is 0.104. The molecule has 2 unspecified atom stereocenters. The van der Waals surface area contributed by atoms with Crippen LogP contribution in [0.2, 0.25) is 0 Å². The molecule has 0 saturated carbocycles. The van der Waals surface area contributed by atoms with Gasteiger partial charge in [0.1, 0.15) is 0 Å². The van der Waals surface area contributed by atoms with Crippen LogP contribution in [0.25, 0.3) is 48.0 Å². The first kappa shape index (κ1) is 42.9. The summed E-state index contributed by atoms with van der Waals surface area (Å²) in [5, 5.41) is 6.49. The molecule has 0 fully saturated rings. The van der Waals surface area contributed by atoms with E-state index >= 15 is 0 Å². The highest BCUT2D eigenvalue weighted by Gasteiger charge is 2.52. The highest BCUT2D eigenvalue weighted by molar-refractivity contribution is 7.25. The Morgan fingerprint density at radius 2 is 1.27 bits per heavy atom. The third-order valence-corrected chi connectivity index (χ3v) is 14.3. The summed E-state index contributed by atoms with van der Waals surface area (Å²) in [6.45, 7) is 14.7. The van der Waals surface area contributed by atoms with Crippen LogP contribution in [0.4, 0.5) is 0 Å². The van der Waals surface area contributed by atoms with Gasteiger partial charge >= 0.3 is 0 Å². The SMILES string of the molecule is C=CC1=C(C=C)C2(c3ccccc31)c1ccccc1-c1cc3c(cc12)C(CCCCNCc1ccc2c(c1)sc1ccccc12)c1ccccc1-3.C=NC.CN(C)Cc1ccccc1. The Kier molecular flexibility index (Phi) is 12.5. The molecule has 11 rings (SSSR count). The van der Waals surface area contributed by atoms with E-state index in [1.54, 1.807) is 7.05 Å². The summed E-state index contributed by atoms with van der Waals surface area (Å²) >= 11 is 1.90. The lowest BCUT2D eigenvalue weighted by atomic mass is 9.69. The van der Waals surface area contributed by atoms with Gasteiger partial charge in [0.05, 0.1) is 5.41 Å². The van der Waals surface area contributed by atoms with E-state index in [0.717, 1.165) is 32.5 Å². The number of thiophene rings is 1. The van der Waals surface area contributed by atoms with Crippen molar-refractivity contribution in [1.29, 1.82) is 0 Å². The molecule has 7 aromatic carbocycles. The summed E-state index contributed by atoms with van der Waals surface area (Å²) in [5.41, 5.74) is 18.5. The van der Waals surface area contributed by atoms with Crippen LogP contribution < -0.4 is 5.32 Å². The van der Waals surface area contributed by atoms with E-state index < -0.39 is 5.41 Å². The normalized spacial score (nSPS) is 16.0. The number of allylic oxidation sites excluding steroid dienone is 4. The van der Waals surface area contributed by atoms with Gasteiger partial charge in [-0.15, -0.1) is 11.3 Å². The molecule has 1 aromatic heterocycles. The number of hydrogen-bond acceptors (Lipinski definition) is 4. The van der Waals surface area contributed by atoms with Crippen LogP contribution in [-0.4, -0.2) is 39.3 Å². The van der Waals surface area contributed by atoms with Gasteiger partial charge in [-0.25, -0.2) is 0 Å². The van der Waals surface area contributed by atoms with Crippen LogP contribution in [0.3, 0.4) is 0 Å². The molecule has 1 N–H and O–H groups in total. The predicted molar refractivity (Wildman–Crippen MR) is 277 cm³/mol. The predicted octanol–water partition coefficient (Wildman–Crippen LogP) is 14.6. The summed E-state index contributed by atoms with van der Waals surface area (Å²) in [7, 11) is 5.79. The minimum Gasteiger partial charge on any atom is -0.313 e. The molecule has 0 amide bonds. The van der Waals surface area contributed by atoms with Crippen molar-refractivity contribution >= 4 is 43.8 Å². The summed E-state index contributed by atoms with van der Waals surface area (Å²) in [4.78, 5) is 5.41. The molecule has 8 aromatic rings. The lowest BCUT2D eigenvalue weighted by Crippen LogP contribution is -2.27. The summed E-state index contributed by atoms with van der Waals surface area (Å²) in [6, 6.07) is 58.4. The third-order valence-electron chi connectivity index (χ3n) is 13.2. The Morgan fingerprint density at radius 1 is 0.609 bits per heavy atom. The van der Waals surface area contributed by atoms with Gasteiger partial charge in [-0.05, 0) is 136 Å². The van der Waals surface area contributed by atoms with Crippen molar-refractivity contribution in [2.75, 3.05) is 27.7 Å². The largest absolute Gasteiger partial charge is 0.313 e. The summed E-state index contributed by atoms with van der Waals surface area (Å²) in [6.07, 6.45) is 7.59. The fourth-order valence-corrected chi connectivity index (χ4v) is 11.8. The zero-order valence-electron chi connectivity index (χ0n) is 37.4. The number of nitrogens with one attached hydrogen (secondary N) is 1. The van der Waals surface area contributed by atoms with Crippen molar-refractivity contribution in [3.8, 4) is 22.3 Å². The molecule has 4 heteroatoms. The number of rotatable bonds is 11. The maximum absolute atomic E-state index is 4.40. The number of nitrogens with zero attached hydrogens (tertiary/aromatic N) is 2. The van der Waals surface area contributed by atoms with E-state index in [1.165, 1.54) is 105 Å². The van der Waals surface area contributed by atoms with E-state index in [-0.39, 0.29) is 0 Å². The fraction of sp³-hybridized carbons (Fsp3) is 0.183. The van der Waals surface area contributed by atoms with Gasteiger partial charge in [0.15, 0.2) is 0 Å². The standard InChI is InChI=1S/C49H39NS.C9H13N.C2H5N/c1-3-32-36-18-7-10-21-44(36)49(43(32)4-2)45-22-11-8-19-37(45)42-28-40-34-16-6-5-15-33(34)35(41(40)29-46(42)49)17-13-14-26-50-30-31-24-25-39-38-20-9-12-23-47(38)51-48(39)27-31;1-10(2)8-9-6-4-3-5-7-9;1-3-2/h3-12,15-16,18-25,27-29,35,50H,1-2,13-14,17,26,30H2;3-7H,8H2,1-2H3;1H2,2H3. The second kappa shape index (κ2) is 18.7. The Hall–Kier alpha value is -6.43. The molecule has 0 radical (unpaired) electrons. The smallest absolute Gasteiger partial charge is 0.0725 e. The molecule has 64 heavy (non-hydrogen) atoms. The van der Waals surface area contributed by atoms with Crippen LogP contribution >= 0.6 is 11.3 Å². The van der Waals surface area contributed by atoms with Gasteiger partial charge in [-0.3, -0.25) is 0 Å². The van der Waals surface area contributed by atoms with Crippen LogP contribution in [0.1, 0.15) is 69.7 Å². The van der Waals surface area contributed by atoms with Gasteiger partial charge in [0, 0.05) is 46.2 Å². The molecule has 1 heterocycles. The lowest BCUT2D eigenvalue weighted by Gasteiger charge is -2.32. The lowest BCUT2D eigenvalue weighted by molar-refractivity contribution is 0.402. The van der Waals surface area contributed by atoms with Crippen LogP contribution in [0.5, 0.6) is 0 Å². The van der Waals surface area contributed by atoms with Crippen molar-refractivity contribution in [2.45, 2.75) is 43.7 Å². The van der Waals surface area contributed by atoms with Gasteiger partial charge in [-0.2, -0.15) is 0 Å². The zero-order chi connectivity index (χ0) is 44.2. The topological polar surface area (TPSA) is 27.6 Å². The maximum Gasteiger partial charge on any atom is 0.0725 e. The summed E-state index contributed by atoms with van der Waals surface area (Å²) in [5.74, 6) is 0.379. The highest BCUT2D eigenvalue weighted by Crippen LogP contribution is 2.64. The van der Waals surface area contributed by atoms with Crippen LogP contribution in [0, 0.1) is 0 Å². The highest BCUT2D eigenvalue weighted by atomic mass is 32.1. The Labute approximate surface area is 383 Å². The van der Waals surface area contributed by atoms with Crippen molar-refractivity contribution in [2.24, 2.45) is 4.99 Å². The molecular weight excluding hydrogens is 795 g/mol. The molecule has 3 aliphatic carbocycles. The molecule has 0 saturated heterocycles. The Morgan fingerprint density at radius 3 is 2.02 bits per heavy atom. The number of hydrogen-bond donors (Lipinski definition) is 1. The Balaban J connectivity index is 0.000000348. The van der Waals surface area contributed by atoms with Crippen molar-refractivity contribution in [3.05, 3.63) is 233 Å². The molecule has 2 atom stereocenters. The molecular formula is C60H57N3S. The second-order valence-corrected chi connectivity index (χ2v) is 18.4. The molecule has 1 spiro atoms. The average molecular weight is 852 g/mol. The molecule has 0 aliphatic heterocycles. The third kappa shape index (κ3) is 7.60. The van der Waals surface area contributed by atoms with E-state index in [2.05, 4.69) is 207 Å². The van der Waals surface area contributed by atoms with Gasteiger partial charge < -0.3 is 15.2 Å². The van der Waals surface area contributed by atoms with Crippen molar-refractivity contribution in [1.82, 2.24) is 10.2 Å². The van der Waals surface area contributed by atoms with E-state index in [1.807, 2.05) is 23.5 Å². The number of benzene rings is 7. The minimum atomic E-state index is -0.398. The molecule has 0 bridgehead atoms.